The predicted octanol–water partition coefficient (Wildman–Crippen LogP) is 3.14. The summed E-state index contributed by atoms with van der Waals surface area (Å²) in [7, 11) is 1.62. The molecule has 2 aromatic carbocycles. The highest BCUT2D eigenvalue weighted by Gasteiger charge is 2.26. The fourth-order valence-corrected chi connectivity index (χ4v) is 3.29. The molecule has 0 saturated heterocycles. The molecule has 0 fully saturated rings. The van der Waals surface area contributed by atoms with Crippen molar-refractivity contribution in [1.82, 2.24) is 4.90 Å². The lowest BCUT2D eigenvalue weighted by Gasteiger charge is -2.30. The molecule has 0 radical (unpaired) electrons. The molecule has 1 atom stereocenters. The van der Waals surface area contributed by atoms with E-state index < -0.39 is 6.10 Å². The van der Waals surface area contributed by atoms with E-state index in [1.54, 1.807) is 18.9 Å². The van der Waals surface area contributed by atoms with Crippen LogP contribution in [0.25, 0.3) is 0 Å². The topological polar surface area (TPSA) is 55.8 Å². The first-order valence-corrected chi connectivity index (χ1v) is 9.25. The van der Waals surface area contributed by atoms with E-state index in [0.717, 1.165) is 23.3 Å². The van der Waals surface area contributed by atoms with Gasteiger partial charge in [0, 0.05) is 19.5 Å². The van der Waals surface area contributed by atoms with E-state index in [-0.39, 0.29) is 18.3 Å². The van der Waals surface area contributed by atoms with Crippen LogP contribution in [0.3, 0.4) is 0 Å². The van der Waals surface area contributed by atoms with E-state index in [1.807, 2.05) is 42.5 Å². The monoisotopic (exact) mass is 367 g/mol. The molecule has 0 N–H and O–H groups in total. The highest BCUT2D eigenvalue weighted by molar-refractivity contribution is 5.83. The van der Waals surface area contributed by atoms with E-state index in [1.165, 1.54) is 5.56 Å². The minimum atomic E-state index is -0.765. The highest BCUT2D eigenvalue weighted by atomic mass is 16.5. The van der Waals surface area contributed by atoms with E-state index in [4.69, 9.17) is 9.47 Å². The Balaban J connectivity index is 1.48. The van der Waals surface area contributed by atoms with Gasteiger partial charge in [-0.15, -0.1) is 0 Å². The van der Waals surface area contributed by atoms with Crippen molar-refractivity contribution in [2.24, 2.45) is 0 Å². The number of rotatable bonds is 6. The van der Waals surface area contributed by atoms with Gasteiger partial charge in [-0.3, -0.25) is 9.59 Å². The summed E-state index contributed by atoms with van der Waals surface area (Å²) in [5, 5.41) is 0. The normalized spacial score (nSPS) is 14.2. The van der Waals surface area contributed by atoms with Crippen molar-refractivity contribution >= 4 is 11.9 Å². The van der Waals surface area contributed by atoms with Crippen LogP contribution in [-0.2, 0) is 33.7 Å². The minimum Gasteiger partial charge on any atom is -0.497 e. The van der Waals surface area contributed by atoms with Gasteiger partial charge in [0.15, 0.2) is 6.10 Å². The molecule has 0 spiro atoms. The molecule has 0 aromatic heterocycles. The van der Waals surface area contributed by atoms with E-state index in [0.29, 0.717) is 19.5 Å². The first-order chi connectivity index (χ1) is 13.1. The molecule has 0 bridgehead atoms. The Labute approximate surface area is 159 Å². The zero-order chi connectivity index (χ0) is 19.2. The summed E-state index contributed by atoms with van der Waals surface area (Å²) in [5.41, 5.74) is 3.47. The minimum absolute atomic E-state index is 0.137. The van der Waals surface area contributed by atoms with E-state index in [9.17, 15) is 9.59 Å². The summed E-state index contributed by atoms with van der Waals surface area (Å²) in [4.78, 5) is 26.5. The number of amides is 1. The van der Waals surface area contributed by atoms with Crippen LogP contribution in [0, 0.1) is 0 Å². The molecule has 5 heteroatoms. The third kappa shape index (κ3) is 4.88. The van der Waals surface area contributed by atoms with Crippen molar-refractivity contribution in [1.29, 1.82) is 0 Å². The molecule has 0 aliphatic carbocycles. The summed E-state index contributed by atoms with van der Waals surface area (Å²) in [6.45, 7) is 2.88. The smallest absolute Gasteiger partial charge is 0.306 e. The quantitative estimate of drug-likeness (QED) is 0.736. The summed E-state index contributed by atoms with van der Waals surface area (Å²) in [6.07, 6.45) is 0.881. The number of esters is 1. The van der Waals surface area contributed by atoms with Gasteiger partial charge in [-0.05, 0) is 48.6 Å². The van der Waals surface area contributed by atoms with Crippen molar-refractivity contribution in [3.8, 4) is 5.75 Å². The van der Waals surface area contributed by atoms with Crippen LogP contribution in [0.5, 0.6) is 5.75 Å². The van der Waals surface area contributed by atoms with Crippen molar-refractivity contribution in [2.75, 3.05) is 13.7 Å². The number of methoxy groups -OCH3 is 1. The molecule has 5 nitrogen and oxygen atoms in total. The number of hydrogen-bond acceptors (Lipinski definition) is 4. The highest BCUT2D eigenvalue weighted by Crippen LogP contribution is 2.19. The number of ether oxygens (including phenoxy) is 2. The summed E-state index contributed by atoms with van der Waals surface area (Å²) < 4.78 is 10.5. The SMILES string of the molecule is COc1ccc(CCC(=O)O[C@H](C)C(=O)N2CCc3ccccc3C2)cc1. The Kier molecular flexibility index (Phi) is 6.12. The summed E-state index contributed by atoms with van der Waals surface area (Å²) in [5.74, 6) is 0.287. The standard InChI is InChI=1S/C22H25NO4/c1-16(22(25)23-14-13-18-5-3-4-6-19(18)15-23)27-21(24)12-9-17-7-10-20(26-2)11-8-17/h3-8,10-11,16H,9,12-15H2,1-2H3/t16-/m1/s1. The molecule has 0 unspecified atom stereocenters. The molecule has 1 aliphatic heterocycles. The molecule has 1 heterocycles. The Bertz CT molecular complexity index is 800. The van der Waals surface area contributed by atoms with Gasteiger partial charge in [0.2, 0.25) is 0 Å². The fraction of sp³-hybridized carbons (Fsp3) is 0.364. The lowest BCUT2D eigenvalue weighted by atomic mass is 9.99. The van der Waals surface area contributed by atoms with Crippen molar-refractivity contribution in [3.05, 3.63) is 65.2 Å². The number of carbonyl (C=O) groups excluding carboxylic acids is 2. The van der Waals surface area contributed by atoms with Gasteiger partial charge >= 0.3 is 5.97 Å². The second-order valence-electron chi connectivity index (χ2n) is 6.76. The summed E-state index contributed by atoms with van der Waals surface area (Å²) >= 11 is 0. The Morgan fingerprint density at radius 1 is 1.07 bits per heavy atom. The number of fused-ring (bicyclic) bond motifs is 1. The van der Waals surface area contributed by atoms with Crippen molar-refractivity contribution < 1.29 is 19.1 Å². The lowest BCUT2D eigenvalue weighted by molar-refractivity contribution is -0.159. The van der Waals surface area contributed by atoms with Crippen LogP contribution < -0.4 is 4.74 Å². The zero-order valence-corrected chi connectivity index (χ0v) is 15.8. The molecular weight excluding hydrogens is 342 g/mol. The average molecular weight is 367 g/mol. The third-order valence-corrected chi connectivity index (χ3v) is 4.88. The van der Waals surface area contributed by atoms with E-state index >= 15 is 0 Å². The zero-order valence-electron chi connectivity index (χ0n) is 15.8. The molecule has 1 amide bonds. The second kappa shape index (κ2) is 8.71. The molecular formula is C22H25NO4. The van der Waals surface area contributed by atoms with Gasteiger partial charge in [-0.25, -0.2) is 0 Å². The third-order valence-electron chi connectivity index (χ3n) is 4.88. The van der Waals surface area contributed by atoms with Crippen LogP contribution in [0.1, 0.15) is 30.0 Å². The van der Waals surface area contributed by atoms with Gasteiger partial charge in [0.1, 0.15) is 5.75 Å². The van der Waals surface area contributed by atoms with Crippen LogP contribution in [-0.4, -0.2) is 36.5 Å². The van der Waals surface area contributed by atoms with Crippen molar-refractivity contribution in [2.45, 2.75) is 38.8 Å². The van der Waals surface area contributed by atoms with Gasteiger partial charge in [-0.1, -0.05) is 36.4 Å². The molecule has 0 saturated carbocycles. The predicted molar refractivity (Wildman–Crippen MR) is 102 cm³/mol. The number of nitrogens with zero attached hydrogens (tertiary/aromatic N) is 1. The Morgan fingerprint density at radius 3 is 2.48 bits per heavy atom. The second-order valence-corrected chi connectivity index (χ2v) is 6.76. The number of aryl methyl sites for hydroxylation is 1. The first kappa shape index (κ1) is 19.0. The molecule has 2 aromatic rings. The van der Waals surface area contributed by atoms with Crippen LogP contribution >= 0.6 is 0 Å². The number of carbonyl (C=O) groups is 2. The number of hydrogen-bond donors (Lipinski definition) is 0. The Morgan fingerprint density at radius 2 is 1.78 bits per heavy atom. The maximum Gasteiger partial charge on any atom is 0.306 e. The van der Waals surface area contributed by atoms with E-state index in [2.05, 4.69) is 6.07 Å². The van der Waals surface area contributed by atoms with Crippen LogP contribution in [0.2, 0.25) is 0 Å². The Hall–Kier alpha value is -2.82. The molecule has 142 valence electrons. The van der Waals surface area contributed by atoms with Gasteiger partial charge in [-0.2, -0.15) is 0 Å². The molecule has 27 heavy (non-hydrogen) atoms. The van der Waals surface area contributed by atoms with Crippen molar-refractivity contribution in [3.63, 3.8) is 0 Å². The number of benzene rings is 2. The van der Waals surface area contributed by atoms with Gasteiger partial charge in [0.25, 0.3) is 5.91 Å². The maximum absolute atomic E-state index is 12.6. The lowest BCUT2D eigenvalue weighted by Crippen LogP contribution is -2.42. The fourth-order valence-electron chi connectivity index (χ4n) is 3.29. The van der Waals surface area contributed by atoms with Crippen LogP contribution in [0.4, 0.5) is 0 Å². The molecule has 3 rings (SSSR count). The average Bonchev–Trinajstić information content (AvgIpc) is 2.71. The maximum atomic E-state index is 12.6. The molecule has 1 aliphatic rings. The largest absolute Gasteiger partial charge is 0.497 e. The van der Waals surface area contributed by atoms with Crippen LogP contribution in [0.15, 0.2) is 48.5 Å². The summed E-state index contributed by atoms with van der Waals surface area (Å²) in [6, 6.07) is 15.7. The van der Waals surface area contributed by atoms with Gasteiger partial charge < -0.3 is 14.4 Å². The van der Waals surface area contributed by atoms with Gasteiger partial charge in [0.05, 0.1) is 7.11 Å². The first-order valence-electron chi connectivity index (χ1n) is 9.25.